The van der Waals surface area contributed by atoms with Crippen LogP contribution in [0.3, 0.4) is 0 Å². The van der Waals surface area contributed by atoms with E-state index in [0.717, 1.165) is 31.4 Å². The van der Waals surface area contributed by atoms with Crippen LogP contribution in [0.25, 0.3) is 0 Å². The predicted molar refractivity (Wildman–Crippen MR) is 78.2 cm³/mol. The number of rotatable bonds is 10. The van der Waals surface area contributed by atoms with Gasteiger partial charge in [-0.05, 0) is 12.3 Å². The number of hydrogen-bond acceptors (Lipinski definition) is 5. The topological polar surface area (TPSA) is 52.6 Å². The number of unbranched alkanes of at least 4 members (excludes halogenated alkanes) is 2. The first kappa shape index (κ1) is 18.0. The van der Waals surface area contributed by atoms with E-state index in [-0.39, 0.29) is 6.61 Å². The van der Waals surface area contributed by atoms with E-state index in [9.17, 15) is 9.59 Å². The van der Waals surface area contributed by atoms with Gasteiger partial charge in [-0.15, -0.1) is 0 Å². The third-order valence-corrected chi connectivity index (χ3v) is 2.54. The Balaban J connectivity index is 3.53. The summed E-state index contributed by atoms with van der Waals surface area (Å²) in [6.45, 7) is 5.01. The second-order valence-corrected chi connectivity index (χ2v) is 5.08. The molecule has 0 amide bonds. The SMILES string of the molecule is CC(C)CCCCCOC(=O)C=CC(=O)OCCS. The van der Waals surface area contributed by atoms with Crippen LogP contribution < -0.4 is 0 Å². The Morgan fingerprint density at radius 2 is 1.58 bits per heavy atom. The van der Waals surface area contributed by atoms with Crippen molar-refractivity contribution in [3.05, 3.63) is 12.2 Å². The van der Waals surface area contributed by atoms with Crippen LogP contribution in [0.15, 0.2) is 12.2 Å². The molecule has 0 N–H and O–H groups in total. The molecule has 110 valence electrons. The Bertz CT molecular complexity index is 287. The van der Waals surface area contributed by atoms with Crippen molar-refractivity contribution in [3.8, 4) is 0 Å². The summed E-state index contributed by atoms with van der Waals surface area (Å²) in [7, 11) is 0. The van der Waals surface area contributed by atoms with E-state index in [0.29, 0.717) is 18.3 Å². The maximum absolute atomic E-state index is 11.2. The molecule has 0 aliphatic carbocycles. The van der Waals surface area contributed by atoms with Crippen LogP contribution in [0.4, 0.5) is 0 Å². The number of carbonyl (C=O) groups is 2. The molecule has 0 aliphatic rings. The van der Waals surface area contributed by atoms with Gasteiger partial charge in [-0.3, -0.25) is 0 Å². The van der Waals surface area contributed by atoms with Crippen molar-refractivity contribution < 1.29 is 19.1 Å². The van der Waals surface area contributed by atoms with E-state index in [2.05, 4.69) is 26.5 Å². The highest BCUT2D eigenvalue weighted by molar-refractivity contribution is 7.80. The number of hydrogen-bond donors (Lipinski definition) is 1. The van der Waals surface area contributed by atoms with Gasteiger partial charge in [0.15, 0.2) is 0 Å². The van der Waals surface area contributed by atoms with Crippen LogP contribution in [0.5, 0.6) is 0 Å². The third-order valence-electron chi connectivity index (χ3n) is 2.36. The lowest BCUT2D eigenvalue weighted by Gasteiger charge is -2.04. The number of esters is 2. The molecular formula is C14H24O4S. The molecule has 0 aromatic heterocycles. The third kappa shape index (κ3) is 13.3. The van der Waals surface area contributed by atoms with Crippen molar-refractivity contribution in [2.75, 3.05) is 19.0 Å². The molecular weight excluding hydrogens is 264 g/mol. The molecule has 19 heavy (non-hydrogen) atoms. The highest BCUT2D eigenvalue weighted by Gasteiger charge is 2.01. The molecule has 0 aromatic carbocycles. The van der Waals surface area contributed by atoms with Crippen LogP contribution in [0.2, 0.25) is 0 Å². The van der Waals surface area contributed by atoms with Gasteiger partial charge in [-0.1, -0.05) is 33.1 Å². The molecule has 0 saturated heterocycles. The molecule has 0 aromatic rings. The number of thiol groups is 1. The summed E-state index contributed by atoms with van der Waals surface area (Å²) in [6.07, 6.45) is 6.43. The van der Waals surface area contributed by atoms with Gasteiger partial charge in [0.1, 0.15) is 6.61 Å². The summed E-state index contributed by atoms with van der Waals surface area (Å²) in [4.78, 5) is 22.3. The van der Waals surface area contributed by atoms with Gasteiger partial charge in [0.2, 0.25) is 0 Å². The predicted octanol–water partition coefficient (Wildman–Crippen LogP) is 2.78. The molecule has 0 saturated carbocycles. The first-order valence-electron chi connectivity index (χ1n) is 6.68. The summed E-state index contributed by atoms with van der Waals surface area (Å²) in [6, 6.07) is 0. The molecule has 0 spiro atoms. The van der Waals surface area contributed by atoms with Crippen molar-refractivity contribution in [3.63, 3.8) is 0 Å². The average molecular weight is 288 g/mol. The zero-order valence-corrected chi connectivity index (χ0v) is 12.7. The van der Waals surface area contributed by atoms with Gasteiger partial charge in [-0.2, -0.15) is 12.6 Å². The van der Waals surface area contributed by atoms with Gasteiger partial charge < -0.3 is 9.47 Å². The average Bonchev–Trinajstić information content (AvgIpc) is 2.37. The van der Waals surface area contributed by atoms with Crippen molar-refractivity contribution in [2.45, 2.75) is 39.5 Å². The molecule has 0 fully saturated rings. The number of carbonyl (C=O) groups excluding carboxylic acids is 2. The summed E-state index contributed by atoms with van der Waals surface area (Å²) >= 11 is 3.90. The van der Waals surface area contributed by atoms with Crippen LogP contribution in [-0.4, -0.2) is 30.9 Å². The zero-order chi connectivity index (χ0) is 14.5. The maximum atomic E-state index is 11.2. The lowest BCUT2D eigenvalue weighted by atomic mass is 10.1. The minimum absolute atomic E-state index is 0.233. The molecule has 0 atom stereocenters. The fourth-order valence-electron chi connectivity index (χ4n) is 1.38. The molecule has 0 heterocycles. The van der Waals surface area contributed by atoms with Crippen molar-refractivity contribution in [2.24, 2.45) is 5.92 Å². The van der Waals surface area contributed by atoms with Gasteiger partial charge in [0.25, 0.3) is 0 Å². The summed E-state index contributed by atoms with van der Waals surface area (Å²) in [5.74, 6) is 0.115. The van der Waals surface area contributed by atoms with Gasteiger partial charge in [0.05, 0.1) is 6.61 Å². The van der Waals surface area contributed by atoms with Crippen LogP contribution >= 0.6 is 12.6 Å². The molecule has 4 nitrogen and oxygen atoms in total. The Hall–Kier alpha value is -0.970. The summed E-state index contributed by atoms with van der Waals surface area (Å²) < 4.78 is 9.67. The largest absolute Gasteiger partial charge is 0.463 e. The van der Waals surface area contributed by atoms with Crippen molar-refractivity contribution in [1.82, 2.24) is 0 Å². The highest BCUT2D eigenvalue weighted by Crippen LogP contribution is 2.07. The van der Waals surface area contributed by atoms with E-state index in [4.69, 9.17) is 9.47 Å². The smallest absolute Gasteiger partial charge is 0.331 e. The number of ether oxygens (including phenoxy) is 2. The lowest BCUT2D eigenvalue weighted by Crippen LogP contribution is -2.06. The molecule has 0 bridgehead atoms. The monoisotopic (exact) mass is 288 g/mol. The standard InChI is InChI=1S/C14H24O4S/c1-12(2)6-4-3-5-9-17-13(15)7-8-14(16)18-10-11-19/h7-8,12,19H,3-6,9-11H2,1-2H3. The Morgan fingerprint density at radius 1 is 1.00 bits per heavy atom. The summed E-state index contributed by atoms with van der Waals surface area (Å²) in [5.41, 5.74) is 0. The Kier molecular flexibility index (Phi) is 11.5. The first-order chi connectivity index (χ1) is 9.06. The molecule has 0 radical (unpaired) electrons. The van der Waals surface area contributed by atoms with E-state index in [1.807, 2.05) is 0 Å². The van der Waals surface area contributed by atoms with Crippen LogP contribution in [0, 0.1) is 5.92 Å². The van der Waals surface area contributed by atoms with E-state index < -0.39 is 11.9 Å². The van der Waals surface area contributed by atoms with Crippen molar-refractivity contribution >= 4 is 24.6 Å². The van der Waals surface area contributed by atoms with Gasteiger partial charge in [0, 0.05) is 17.9 Å². The first-order valence-corrected chi connectivity index (χ1v) is 7.32. The minimum Gasteiger partial charge on any atom is -0.463 e. The van der Waals surface area contributed by atoms with Gasteiger partial charge in [-0.25, -0.2) is 9.59 Å². The maximum Gasteiger partial charge on any atom is 0.331 e. The minimum atomic E-state index is -0.553. The molecule has 0 aliphatic heterocycles. The van der Waals surface area contributed by atoms with Crippen LogP contribution in [0.1, 0.15) is 39.5 Å². The lowest BCUT2D eigenvalue weighted by molar-refractivity contribution is -0.140. The Labute approximate surface area is 120 Å². The molecule has 0 rings (SSSR count). The fraction of sp³-hybridized carbons (Fsp3) is 0.714. The second-order valence-electron chi connectivity index (χ2n) is 4.64. The quantitative estimate of drug-likeness (QED) is 0.291. The highest BCUT2D eigenvalue weighted by atomic mass is 32.1. The normalized spacial score (nSPS) is 10.9. The van der Waals surface area contributed by atoms with Gasteiger partial charge >= 0.3 is 11.9 Å². The molecule has 5 heteroatoms. The van der Waals surface area contributed by atoms with Crippen LogP contribution in [-0.2, 0) is 19.1 Å². The van der Waals surface area contributed by atoms with E-state index in [1.165, 1.54) is 6.42 Å². The van der Waals surface area contributed by atoms with Crippen molar-refractivity contribution in [1.29, 1.82) is 0 Å². The second kappa shape index (κ2) is 12.1. The zero-order valence-electron chi connectivity index (χ0n) is 11.8. The van der Waals surface area contributed by atoms with E-state index in [1.54, 1.807) is 0 Å². The summed E-state index contributed by atoms with van der Waals surface area (Å²) in [5, 5.41) is 0. The molecule has 0 unspecified atom stereocenters. The van der Waals surface area contributed by atoms with E-state index >= 15 is 0 Å². The fourth-order valence-corrected chi connectivity index (χ4v) is 1.47. The Morgan fingerprint density at radius 3 is 2.11 bits per heavy atom.